The van der Waals surface area contributed by atoms with Gasteiger partial charge in [-0.25, -0.2) is 0 Å². The largest absolute Gasteiger partial charge is 0.376 e. The molecule has 0 unspecified atom stereocenters. The summed E-state index contributed by atoms with van der Waals surface area (Å²) in [6.45, 7) is 0.957. The summed E-state index contributed by atoms with van der Waals surface area (Å²) in [6, 6.07) is 10.5. The predicted molar refractivity (Wildman–Crippen MR) is 88.3 cm³/mol. The van der Waals surface area contributed by atoms with E-state index >= 15 is 0 Å². The second-order valence-corrected chi connectivity index (χ2v) is 5.07. The first kappa shape index (κ1) is 16.2. The Morgan fingerprint density at radius 2 is 2.13 bits per heavy atom. The number of nitrogens with one attached hydrogen (secondary N) is 2. The van der Waals surface area contributed by atoms with Crippen molar-refractivity contribution in [1.82, 2.24) is 15.5 Å². The Hall–Kier alpha value is -3.14. The van der Waals surface area contributed by atoms with Gasteiger partial charge in [-0.05, 0) is 18.2 Å². The zero-order chi connectivity index (χ0) is 16.7. The molecule has 0 saturated heterocycles. The van der Waals surface area contributed by atoms with Crippen molar-refractivity contribution in [2.45, 2.75) is 0 Å². The number of nitrogens with zero attached hydrogens (tertiary/aromatic N) is 4. The molecule has 0 aliphatic rings. The van der Waals surface area contributed by atoms with Crippen LogP contribution in [-0.2, 0) is 0 Å². The van der Waals surface area contributed by atoms with E-state index in [2.05, 4.69) is 20.8 Å². The van der Waals surface area contributed by atoms with Gasteiger partial charge >= 0.3 is 0 Å². The van der Waals surface area contributed by atoms with Crippen LogP contribution in [0.1, 0.15) is 15.9 Å². The van der Waals surface area contributed by atoms with E-state index in [0.717, 1.165) is 5.69 Å². The van der Waals surface area contributed by atoms with Crippen LogP contribution in [0.5, 0.6) is 0 Å². The van der Waals surface area contributed by atoms with Gasteiger partial charge in [-0.15, -0.1) is 5.10 Å². The lowest BCUT2D eigenvalue weighted by molar-refractivity contribution is 0.0955. The van der Waals surface area contributed by atoms with E-state index in [1.807, 2.05) is 31.1 Å². The van der Waals surface area contributed by atoms with Gasteiger partial charge in [-0.2, -0.15) is 10.4 Å². The summed E-state index contributed by atoms with van der Waals surface area (Å²) >= 11 is 0. The minimum atomic E-state index is -0.211. The quantitative estimate of drug-likeness (QED) is 0.780. The molecule has 2 N–H and O–H groups in total. The molecule has 2 rings (SSSR count). The van der Waals surface area contributed by atoms with Crippen LogP contribution in [0.15, 0.2) is 36.5 Å². The van der Waals surface area contributed by atoms with Crippen LogP contribution < -0.4 is 15.5 Å². The molecule has 0 aliphatic carbocycles. The number of anilines is 2. The van der Waals surface area contributed by atoms with Crippen LogP contribution in [0.25, 0.3) is 0 Å². The second-order valence-electron chi connectivity index (χ2n) is 5.07. The van der Waals surface area contributed by atoms with Crippen LogP contribution in [0.2, 0.25) is 0 Å². The fraction of sp³-hybridized carbons (Fsp3) is 0.250. The molecule has 0 saturated carbocycles. The van der Waals surface area contributed by atoms with Gasteiger partial charge in [0.2, 0.25) is 0 Å². The maximum absolute atomic E-state index is 12.0. The third-order valence-electron chi connectivity index (χ3n) is 3.13. The molecule has 1 aromatic heterocycles. The molecule has 0 bridgehead atoms. The Kier molecular flexibility index (Phi) is 5.47. The summed E-state index contributed by atoms with van der Waals surface area (Å²) in [5.74, 6) is 0.439. The molecule has 7 heteroatoms. The highest BCUT2D eigenvalue weighted by Gasteiger charge is 2.05. The van der Waals surface area contributed by atoms with Crippen molar-refractivity contribution in [3.63, 3.8) is 0 Å². The molecular weight excluding hydrogens is 292 g/mol. The molecule has 2 aromatic rings. The fourth-order valence-corrected chi connectivity index (χ4v) is 1.89. The SMILES string of the molecule is CN(C)c1cnnc(NCCNC(=O)c2cccc(C#N)c2)c1. The number of nitriles is 1. The first-order chi connectivity index (χ1) is 11.1. The zero-order valence-corrected chi connectivity index (χ0v) is 13.1. The summed E-state index contributed by atoms with van der Waals surface area (Å²) < 4.78 is 0. The van der Waals surface area contributed by atoms with Gasteiger partial charge in [-0.3, -0.25) is 4.79 Å². The number of hydrogen-bond donors (Lipinski definition) is 2. The number of aromatic nitrogens is 2. The average Bonchev–Trinajstić information content (AvgIpc) is 2.58. The van der Waals surface area contributed by atoms with Crippen molar-refractivity contribution in [2.24, 2.45) is 0 Å². The number of carbonyl (C=O) groups is 1. The highest BCUT2D eigenvalue weighted by Crippen LogP contribution is 2.12. The van der Waals surface area contributed by atoms with Crippen LogP contribution in [-0.4, -0.2) is 43.3 Å². The standard InChI is InChI=1S/C16H18N6O/c1-22(2)14-9-15(21-20-11-14)18-6-7-19-16(23)13-5-3-4-12(8-13)10-17/h3-5,8-9,11H,6-7H2,1-2H3,(H,18,21)(H,19,23). The van der Waals surface area contributed by atoms with E-state index in [4.69, 9.17) is 5.26 Å². The van der Waals surface area contributed by atoms with E-state index in [1.165, 1.54) is 0 Å². The summed E-state index contributed by atoms with van der Waals surface area (Å²) in [7, 11) is 3.85. The van der Waals surface area contributed by atoms with Crippen molar-refractivity contribution < 1.29 is 4.79 Å². The lowest BCUT2D eigenvalue weighted by Crippen LogP contribution is -2.29. The smallest absolute Gasteiger partial charge is 0.251 e. The van der Waals surface area contributed by atoms with Gasteiger partial charge in [-0.1, -0.05) is 6.07 Å². The normalized spacial score (nSPS) is 9.78. The number of hydrogen-bond acceptors (Lipinski definition) is 6. The zero-order valence-electron chi connectivity index (χ0n) is 13.1. The molecule has 7 nitrogen and oxygen atoms in total. The summed E-state index contributed by atoms with van der Waals surface area (Å²) in [5, 5.41) is 22.6. The highest BCUT2D eigenvalue weighted by atomic mass is 16.1. The summed E-state index contributed by atoms with van der Waals surface area (Å²) in [4.78, 5) is 13.9. The monoisotopic (exact) mass is 310 g/mol. The van der Waals surface area contributed by atoms with Crippen LogP contribution in [0.4, 0.5) is 11.5 Å². The molecule has 23 heavy (non-hydrogen) atoms. The topological polar surface area (TPSA) is 93.9 Å². The predicted octanol–water partition coefficient (Wildman–Crippen LogP) is 1.26. The fourth-order valence-electron chi connectivity index (χ4n) is 1.89. The maximum Gasteiger partial charge on any atom is 0.251 e. The molecule has 0 radical (unpaired) electrons. The number of carbonyl (C=O) groups excluding carboxylic acids is 1. The Labute approximate surface area is 134 Å². The van der Waals surface area contributed by atoms with Gasteiger partial charge in [0.1, 0.15) is 0 Å². The van der Waals surface area contributed by atoms with Crippen molar-refractivity contribution in [1.29, 1.82) is 5.26 Å². The van der Waals surface area contributed by atoms with E-state index in [9.17, 15) is 4.79 Å². The molecule has 0 atom stereocenters. The Bertz CT molecular complexity index is 723. The van der Waals surface area contributed by atoms with Crippen molar-refractivity contribution >= 4 is 17.4 Å². The van der Waals surface area contributed by atoms with Gasteiger partial charge in [0.25, 0.3) is 5.91 Å². The Morgan fingerprint density at radius 3 is 2.87 bits per heavy atom. The van der Waals surface area contributed by atoms with E-state index in [1.54, 1.807) is 30.5 Å². The molecule has 0 spiro atoms. The number of benzene rings is 1. The van der Waals surface area contributed by atoms with Crippen LogP contribution in [0.3, 0.4) is 0 Å². The first-order valence-electron chi connectivity index (χ1n) is 7.12. The van der Waals surface area contributed by atoms with Gasteiger partial charge in [0.05, 0.1) is 23.5 Å². The summed E-state index contributed by atoms with van der Waals surface area (Å²) in [5.41, 5.74) is 1.88. The van der Waals surface area contributed by atoms with Gasteiger partial charge in [0, 0.05) is 38.8 Å². The Morgan fingerprint density at radius 1 is 1.30 bits per heavy atom. The van der Waals surface area contributed by atoms with Crippen LogP contribution >= 0.6 is 0 Å². The Balaban J connectivity index is 1.82. The van der Waals surface area contributed by atoms with Gasteiger partial charge < -0.3 is 15.5 Å². The summed E-state index contributed by atoms with van der Waals surface area (Å²) in [6.07, 6.45) is 1.68. The van der Waals surface area contributed by atoms with Crippen molar-refractivity contribution in [2.75, 3.05) is 37.4 Å². The molecule has 118 valence electrons. The lowest BCUT2D eigenvalue weighted by Gasteiger charge is -2.13. The highest BCUT2D eigenvalue weighted by molar-refractivity contribution is 5.94. The minimum absolute atomic E-state index is 0.211. The number of rotatable bonds is 6. The average molecular weight is 310 g/mol. The van der Waals surface area contributed by atoms with E-state index < -0.39 is 0 Å². The molecule has 1 aromatic carbocycles. The molecule has 1 amide bonds. The third kappa shape index (κ3) is 4.68. The van der Waals surface area contributed by atoms with E-state index in [0.29, 0.717) is 30.0 Å². The number of amides is 1. The molecule has 0 aliphatic heterocycles. The van der Waals surface area contributed by atoms with Crippen molar-refractivity contribution in [3.8, 4) is 6.07 Å². The molecule has 0 fully saturated rings. The van der Waals surface area contributed by atoms with E-state index in [-0.39, 0.29) is 5.91 Å². The lowest BCUT2D eigenvalue weighted by atomic mass is 10.1. The second kappa shape index (κ2) is 7.75. The first-order valence-corrected chi connectivity index (χ1v) is 7.12. The minimum Gasteiger partial charge on any atom is -0.376 e. The molecular formula is C16H18N6O. The van der Waals surface area contributed by atoms with Crippen LogP contribution in [0, 0.1) is 11.3 Å². The van der Waals surface area contributed by atoms with Crippen molar-refractivity contribution in [3.05, 3.63) is 47.7 Å². The van der Waals surface area contributed by atoms with Gasteiger partial charge in [0.15, 0.2) is 5.82 Å². The molecule has 1 heterocycles. The maximum atomic E-state index is 12.0. The third-order valence-corrected chi connectivity index (χ3v) is 3.13.